The standard InChI is InChI=1S/C22H17ClN4O4S/c1-30-15-9-12-19(20(13-15)31-2)26-21-22(25-18-6-4-3-5-17(18)24-21)27-32(28,29)16-10-7-14(23)8-11-16/h3-13H,1-2H3/b26-21?,27-22-. The molecule has 0 fully saturated rings. The first kappa shape index (κ1) is 21.7. The first-order valence-corrected chi connectivity index (χ1v) is 11.2. The third-order valence-electron chi connectivity index (χ3n) is 4.47. The highest BCUT2D eigenvalue weighted by Crippen LogP contribution is 2.32. The molecule has 0 spiro atoms. The Morgan fingerprint density at radius 1 is 0.844 bits per heavy atom. The van der Waals surface area contributed by atoms with Crippen molar-refractivity contribution in [3.05, 3.63) is 82.5 Å². The number of fused-ring (bicyclic) bond motifs is 1. The predicted molar refractivity (Wildman–Crippen MR) is 121 cm³/mol. The van der Waals surface area contributed by atoms with Gasteiger partial charge in [-0.15, -0.1) is 4.40 Å². The lowest BCUT2D eigenvalue weighted by molar-refractivity contribution is 0.395. The first-order chi connectivity index (χ1) is 15.4. The Labute approximate surface area is 189 Å². The summed E-state index contributed by atoms with van der Waals surface area (Å²) in [6, 6.07) is 17.8. The van der Waals surface area contributed by atoms with Gasteiger partial charge < -0.3 is 9.47 Å². The van der Waals surface area contributed by atoms with Gasteiger partial charge in [-0.25, -0.2) is 15.0 Å². The molecule has 162 valence electrons. The van der Waals surface area contributed by atoms with E-state index in [0.717, 1.165) is 0 Å². The summed E-state index contributed by atoms with van der Waals surface area (Å²) in [6.07, 6.45) is 0. The van der Waals surface area contributed by atoms with Gasteiger partial charge in [0, 0.05) is 11.1 Å². The van der Waals surface area contributed by atoms with Gasteiger partial charge in [0.15, 0.2) is 5.84 Å². The predicted octanol–water partition coefficient (Wildman–Crippen LogP) is 3.13. The van der Waals surface area contributed by atoms with Crippen molar-refractivity contribution < 1.29 is 17.9 Å². The SMILES string of the molecule is COc1ccc(N=C2N=c3ccccc3=N/C2=N\S(=O)(=O)c2ccc(Cl)cc2)c(OC)c1. The van der Waals surface area contributed by atoms with Gasteiger partial charge in [-0.2, -0.15) is 8.42 Å². The molecule has 0 radical (unpaired) electrons. The number of hydrogen-bond donors (Lipinski definition) is 0. The summed E-state index contributed by atoms with van der Waals surface area (Å²) >= 11 is 5.87. The fourth-order valence-corrected chi connectivity index (χ4v) is 3.94. The molecule has 10 heteroatoms. The summed E-state index contributed by atoms with van der Waals surface area (Å²) in [6.45, 7) is 0. The van der Waals surface area contributed by atoms with Crippen molar-refractivity contribution in [1.82, 2.24) is 0 Å². The van der Waals surface area contributed by atoms with Crippen LogP contribution >= 0.6 is 11.6 Å². The zero-order valence-electron chi connectivity index (χ0n) is 17.1. The summed E-state index contributed by atoms with van der Waals surface area (Å²) in [4.78, 5) is 13.4. The second-order valence-corrected chi connectivity index (χ2v) is 8.57. The van der Waals surface area contributed by atoms with E-state index in [2.05, 4.69) is 19.4 Å². The maximum atomic E-state index is 12.9. The van der Waals surface area contributed by atoms with Gasteiger partial charge in [-0.05, 0) is 48.5 Å². The fraction of sp³-hybridized carbons (Fsp3) is 0.0909. The summed E-state index contributed by atoms with van der Waals surface area (Å²) in [7, 11) is -1.05. The molecule has 0 atom stereocenters. The first-order valence-electron chi connectivity index (χ1n) is 9.34. The Kier molecular flexibility index (Phi) is 6.02. The molecule has 0 amide bonds. The molecule has 0 aliphatic carbocycles. The van der Waals surface area contributed by atoms with E-state index in [1.54, 1.807) is 49.6 Å². The number of ether oxygens (including phenoxy) is 2. The van der Waals surface area contributed by atoms with Crippen LogP contribution in [0.25, 0.3) is 0 Å². The van der Waals surface area contributed by atoms with Gasteiger partial charge in [0.05, 0.1) is 29.8 Å². The van der Waals surface area contributed by atoms with Crippen LogP contribution in [0.5, 0.6) is 11.5 Å². The summed E-state index contributed by atoms with van der Waals surface area (Å²) in [5.41, 5.74) is 0.415. The quantitative estimate of drug-likeness (QED) is 0.574. The fourth-order valence-electron chi connectivity index (χ4n) is 2.88. The number of rotatable bonds is 5. The highest BCUT2D eigenvalue weighted by atomic mass is 35.5. The zero-order valence-corrected chi connectivity index (χ0v) is 18.6. The van der Waals surface area contributed by atoms with Crippen molar-refractivity contribution in [3.63, 3.8) is 0 Å². The van der Waals surface area contributed by atoms with Crippen molar-refractivity contribution >= 4 is 39.0 Å². The number of aliphatic imine (C=N–C) groups is 1. The Hall–Kier alpha value is -3.56. The Morgan fingerprint density at radius 3 is 2.12 bits per heavy atom. The Morgan fingerprint density at radius 2 is 1.50 bits per heavy atom. The smallest absolute Gasteiger partial charge is 0.284 e. The number of hydrogen-bond acceptors (Lipinski definition) is 5. The monoisotopic (exact) mass is 468 g/mol. The second-order valence-electron chi connectivity index (χ2n) is 6.53. The number of para-hydroxylation sites is 2. The molecule has 1 heterocycles. The molecule has 8 nitrogen and oxygen atoms in total. The van der Waals surface area contributed by atoms with Gasteiger partial charge in [0.25, 0.3) is 10.0 Å². The van der Waals surface area contributed by atoms with Gasteiger partial charge in [0.2, 0.25) is 5.84 Å². The average molecular weight is 469 g/mol. The molecule has 3 aromatic rings. The number of amidine groups is 2. The lowest BCUT2D eigenvalue weighted by Gasteiger charge is -2.10. The molecule has 0 saturated heterocycles. The van der Waals surface area contributed by atoms with E-state index in [4.69, 9.17) is 21.1 Å². The van der Waals surface area contributed by atoms with Crippen molar-refractivity contribution in [2.75, 3.05) is 14.2 Å². The highest BCUT2D eigenvalue weighted by molar-refractivity contribution is 7.90. The molecule has 1 aliphatic rings. The topological polar surface area (TPSA) is 102 Å². The minimum Gasteiger partial charge on any atom is -0.497 e. The minimum atomic E-state index is -4.09. The maximum Gasteiger partial charge on any atom is 0.284 e. The van der Waals surface area contributed by atoms with Crippen molar-refractivity contribution in [2.45, 2.75) is 4.90 Å². The van der Waals surface area contributed by atoms with Gasteiger partial charge >= 0.3 is 0 Å². The number of benzene rings is 3. The van der Waals surface area contributed by atoms with Crippen LogP contribution in [0.3, 0.4) is 0 Å². The van der Waals surface area contributed by atoms with Crippen LogP contribution in [0, 0.1) is 0 Å². The molecule has 32 heavy (non-hydrogen) atoms. The van der Waals surface area contributed by atoms with E-state index in [0.29, 0.717) is 32.9 Å². The van der Waals surface area contributed by atoms with Gasteiger partial charge in [-0.1, -0.05) is 23.7 Å². The van der Waals surface area contributed by atoms with E-state index < -0.39 is 10.0 Å². The van der Waals surface area contributed by atoms with Crippen LogP contribution in [0.15, 0.2) is 91.0 Å². The largest absolute Gasteiger partial charge is 0.497 e. The van der Waals surface area contributed by atoms with E-state index >= 15 is 0 Å². The van der Waals surface area contributed by atoms with Crippen molar-refractivity contribution in [2.24, 2.45) is 19.4 Å². The third kappa shape index (κ3) is 4.53. The molecular formula is C22H17ClN4O4S. The van der Waals surface area contributed by atoms with E-state index in [1.165, 1.54) is 31.4 Å². The third-order valence-corrected chi connectivity index (χ3v) is 6.00. The summed E-state index contributed by atoms with van der Waals surface area (Å²) in [5, 5.41) is 1.44. The summed E-state index contributed by atoms with van der Waals surface area (Å²) in [5.74, 6) is 0.896. The van der Waals surface area contributed by atoms with E-state index in [-0.39, 0.29) is 16.6 Å². The number of halogens is 1. The van der Waals surface area contributed by atoms with Crippen LogP contribution < -0.4 is 20.2 Å². The molecule has 0 unspecified atom stereocenters. The molecule has 1 aliphatic heterocycles. The molecule has 3 aromatic carbocycles. The van der Waals surface area contributed by atoms with Gasteiger partial charge in [-0.3, -0.25) is 0 Å². The van der Waals surface area contributed by atoms with Crippen molar-refractivity contribution in [3.8, 4) is 11.5 Å². The lowest BCUT2D eigenvalue weighted by atomic mass is 10.2. The van der Waals surface area contributed by atoms with Crippen LogP contribution in [0.1, 0.15) is 0 Å². The number of nitrogens with zero attached hydrogens (tertiary/aromatic N) is 4. The van der Waals surface area contributed by atoms with Crippen molar-refractivity contribution in [1.29, 1.82) is 0 Å². The van der Waals surface area contributed by atoms with E-state index in [9.17, 15) is 8.42 Å². The lowest BCUT2D eigenvalue weighted by Crippen LogP contribution is -2.34. The number of sulfonamides is 1. The number of methoxy groups -OCH3 is 2. The summed E-state index contributed by atoms with van der Waals surface area (Å²) < 4.78 is 40.3. The molecule has 0 bridgehead atoms. The van der Waals surface area contributed by atoms with Gasteiger partial charge in [0.1, 0.15) is 17.2 Å². The molecule has 0 N–H and O–H groups in total. The van der Waals surface area contributed by atoms with Crippen LogP contribution in [0.4, 0.5) is 5.69 Å². The highest BCUT2D eigenvalue weighted by Gasteiger charge is 2.20. The average Bonchev–Trinajstić information content (AvgIpc) is 2.79. The molecule has 0 aromatic heterocycles. The maximum absolute atomic E-state index is 12.9. The molecular weight excluding hydrogens is 452 g/mol. The minimum absolute atomic E-state index is 0.0233. The Balaban J connectivity index is 1.90. The molecule has 0 saturated carbocycles. The molecule has 4 rings (SSSR count). The van der Waals surface area contributed by atoms with Crippen LogP contribution in [-0.4, -0.2) is 34.3 Å². The second kappa shape index (κ2) is 8.89. The van der Waals surface area contributed by atoms with E-state index in [1.807, 2.05) is 0 Å². The normalized spacial score (nSPS) is 15.6. The zero-order chi connectivity index (χ0) is 22.7. The Bertz CT molecular complexity index is 1470. The van der Waals surface area contributed by atoms with Crippen LogP contribution in [0.2, 0.25) is 5.02 Å². The van der Waals surface area contributed by atoms with Crippen LogP contribution in [-0.2, 0) is 10.0 Å².